The number of amidine groups is 1. The number of oxime groups is 1. The van der Waals surface area contributed by atoms with Gasteiger partial charge in [-0.15, -0.1) is 0 Å². The Morgan fingerprint density at radius 2 is 2.11 bits per heavy atom. The van der Waals surface area contributed by atoms with Crippen LogP contribution in [-0.2, 0) is 0 Å². The van der Waals surface area contributed by atoms with Gasteiger partial charge in [0.25, 0.3) is 0 Å². The highest BCUT2D eigenvalue weighted by atomic mass is 19.1. The molecule has 0 saturated carbocycles. The summed E-state index contributed by atoms with van der Waals surface area (Å²) in [7, 11) is 3.86. The van der Waals surface area contributed by atoms with Crippen LogP contribution in [0.25, 0.3) is 0 Å². The highest BCUT2D eigenvalue weighted by Gasteiger charge is 2.22. The number of halogens is 1. The lowest BCUT2D eigenvalue weighted by Crippen LogP contribution is -2.43. The lowest BCUT2D eigenvalue weighted by molar-refractivity contribution is 0.111. The first-order valence-corrected chi connectivity index (χ1v) is 5.85. The number of hydrogen-bond acceptors (Lipinski definition) is 4. The first kappa shape index (κ1) is 15.2. The van der Waals surface area contributed by atoms with E-state index < -0.39 is 5.82 Å². The Morgan fingerprint density at radius 1 is 1.47 bits per heavy atom. The molecule has 106 valence electrons. The fourth-order valence-electron chi connectivity index (χ4n) is 1.22. The van der Waals surface area contributed by atoms with E-state index in [9.17, 15) is 4.39 Å². The summed E-state index contributed by atoms with van der Waals surface area (Å²) >= 11 is 0. The monoisotopic (exact) mass is 269 g/mol. The molecule has 0 saturated heterocycles. The van der Waals surface area contributed by atoms with Gasteiger partial charge in [0, 0.05) is 11.1 Å². The van der Waals surface area contributed by atoms with Crippen LogP contribution in [0.1, 0.15) is 19.4 Å². The van der Waals surface area contributed by atoms with Gasteiger partial charge in [-0.2, -0.15) is 0 Å². The van der Waals surface area contributed by atoms with Crippen LogP contribution in [0, 0.1) is 5.82 Å². The van der Waals surface area contributed by atoms with Crippen molar-refractivity contribution >= 4 is 5.84 Å². The van der Waals surface area contributed by atoms with Crippen LogP contribution in [-0.4, -0.2) is 42.2 Å². The Balaban J connectivity index is 2.82. The van der Waals surface area contributed by atoms with Gasteiger partial charge in [0.2, 0.25) is 0 Å². The molecule has 0 fully saturated rings. The van der Waals surface area contributed by atoms with Crippen molar-refractivity contribution < 1.29 is 14.3 Å². The molecular weight excluding hydrogens is 249 g/mol. The normalized spacial score (nSPS) is 12.8. The second kappa shape index (κ2) is 5.88. The summed E-state index contributed by atoms with van der Waals surface area (Å²) in [6.45, 7) is 4.34. The van der Waals surface area contributed by atoms with Gasteiger partial charge >= 0.3 is 0 Å². The summed E-state index contributed by atoms with van der Waals surface area (Å²) in [5.74, 6) is -0.540. The minimum absolute atomic E-state index is 0.140. The number of nitrogens with two attached hydrogens (primary N) is 1. The Kier molecular flexibility index (Phi) is 4.72. The molecule has 0 radical (unpaired) electrons. The average molecular weight is 269 g/mol. The zero-order valence-corrected chi connectivity index (χ0v) is 11.6. The zero-order chi connectivity index (χ0) is 14.6. The van der Waals surface area contributed by atoms with Crippen LogP contribution >= 0.6 is 0 Å². The third-order valence-corrected chi connectivity index (χ3v) is 3.13. The maximum Gasteiger partial charge on any atom is 0.170 e. The maximum absolute atomic E-state index is 13.8. The second-order valence-corrected chi connectivity index (χ2v) is 5.13. The topological polar surface area (TPSA) is 71.1 Å². The molecule has 0 aliphatic heterocycles. The predicted molar refractivity (Wildman–Crippen MR) is 72.2 cm³/mol. The van der Waals surface area contributed by atoms with Crippen molar-refractivity contribution in [3.8, 4) is 5.75 Å². The molecule has 0 aromatic heterocycles. The zero-order valence-electron chi connectivity index (χ0n) is 11.6. The first-order valence-electron chi connectivity index (χ1n) is 5.85. The van der Waals surface area contributed by atoms with Gasteiger partial charge in [-0.05, 0) is 46.1 Å². The average Bonchev–Trinajstić information content (AvgIpc) is 2.36. The van der Waals surface area contributed by atoms with Crippen LogP contribution in [0.3, 0.4) is 0 Å². The van der Waals surface area contributed by atoms with Gasteiger partial charge < -0.3 is 20.6 Å². The summed E-state index contributed by atoms with van der Waals surface area (Å²) in [5.41, 5.74) is 5.48. The molecule has 0 heterocycles. The molecule has 19 heavy (non-hydrogen) atoms. The van der Waals surface area contributed by atoms with Crippen LogP contribution in [0.2, 0.25) is 0 Å². The van der Waals surface area contributed by atoms with Gasteiger partial charge in [0.15, 0.2) is 17.4 Å². The van der Waals surface area contributed by atoms with E-state index in [0.29, 0.717) is 12.2 Å². The Hall–Kier alpha value is -1.82. The highest BCUT2D eigenvalue weighted by Crippen LogP contribution is 2.20. The lowest BCUT2D eigenvalue weighted by Gasteiger charge is -2.32. The number of likely N-dealkylation sites (N-methyl/N-ethyl adjacent to an activating group) is 1. The van der Waals surface area contributed by atoms with Gasteiger partial charge in [-0.3, -0.25) is 0 Å². The minimum atomic E-state index is -0.543. The van der Waals surface area contributed by atoms with E-state index in [1.165, 1.54) is 18.2 Å². The molecule has 6 heteroatoms. The first-order chi connectivity index (χ1) is 8.77. The molecule has 3 N–H and O–H groups in total. The molecule has 0 bridgehead atoms. The number of rotatable bonds is 5. The Bertz CT molecular complexity index is 473. The van der Waals surface area contributed by atoms with Crippen LogP contribution < -0.4 is 10.5 Å². The summed E-state index contributed by atoms with van der Waals surface area (Å²) in [4.78, 5) is 2.00. The SMILES string of the molecule is CN(C)C(C)(C)COc1ccc(C(N)=NO)cc1F. The maximum atomic E-state index is 13.8. The van der Waals surface area contributed by atoms with Crippen molar-refractivity contribution in [1.29, 1.82) is 0 Å². The Labute approximate surface area is 112 Å². The van der Waals surface area contributed by atoms with E-state index in [-0.39, 0.29) is 17.1 Å². The Morgan fingerprint density at radius 3 is 2.58 bits per heavy atom. The molecule has 0 unspecified atom stereocenters. The van der Waals surface area contributed by atoms with E-state index in [4.69, 9.17) is 15.7 Å². The van der Waals surface area contributed by atoms with E-state index in [2.05, 4.69) is 5.16 Å². The fourth-order valence-corrected chi connectivity index (χ4v) is 1.22. The van der Waals surface area contributed by atoms with Crippen molar-refractivity contribution in [2.75, 3.05) is 20.7 Å². The van der Waals surface area contributed by atoms with E-state index >= 15 is 0 Å². The molecule has 0 spiro atoms. The van der Waals surface area contributed by atoms with Crippen molar-refractivity contribution in [3.05, 3.63) is 29.6 Å². The van der Waals surface area contributed by atoms with Crippen LogP contribution in [0.5, 0.6) is 5.75 Å². The van der Waals surface area contributed by atoms with E-state index in [0.717, 1.165) is 0 Å². The van der Waals surface area contributed by atoms with Gasteiger partial charge in [0.1, 0.15) is 6.61 Å². The van der Waals surface area contributed by atoms with Gasteiger partial charge in [-0.1, -0.05) is 5.16 Å². The molecule has 1 rings (SSSR count). The summed E-state index contributed by atoms with van der Waals surface area (Å²) in [6, 6.07) is 4.18. The molecule has 0 amide bonds. The molecule has 1 aromatic carbocycles. The third-order valence-electron chi connectivity index (χ3n) is 3.13. The minimum Gasteiger partial charge on any atom is -0.489 e. The standard InChI is InChI=1S/C13H20FN3O2/c1-13(2,17(3)4)8-19-11-6-5-9(7-10(11)14)12(15)16-18/h5-7,18H,8H2,1-4H3,(H2,15,16). The second-order valence-electron chi connectivity index (χ2n) is 5.13. The van der Waals surface area contributed by atoms with Crippen molar-refractivity contribution in [3.63, 3.8) is 0 Å². The smallest absolute Gasteiger partial charge is 0.170 e. The van der Waals surface area contributed by atoms with Crippen molar-refractivity contribution in [2.45, 2.75) is 19.4 Å². The summed E-state index contributed by atoms with van der Waals surface area (Å²) in [5, 5.41) is 11.3. The van der Waals surface area contributed by atoms with Crippen LogP contribution in [0.4, 0.5) is 4.39 Å². The summed E-state index contributed by atoms with van der Waals surface area (Å²) < 4.78 is 19.3. The molecule has 5 nitrogen and oxygen atoms in total. The molecule has 0 aliphatic carbocycles. The quantitative estimate of drug-likeness (QED) is 0.369. The number of nitrogens with zero attached hydrogens (tertiary/aromatic N) is 2. The molecule has 0 atom stereocenters. The summed E-state index contributed by atoms with van der Waals surface area (Å²) in [6.07, 6.45) is 0. The third kappa shape index (κ3) is 3.82. The number of ether oxygens (including phenoxy) is 1. The number of hydrogen-bond donors (Lipinski definition) is 2. The van der Waals surface area contributed by atoms with Gasteiger partial charge in [-0.25, -0.2) is 4.39 Å². The highest BCUT2D eigenvalue weighted by molar-refractivity contribution is 5.97. The molecular formula is C13H20FN3O2. The van der Waals surface area contributed by atoms with Crippen molar-refractivity contribution in [1.82, 2.24) is 4.90 Å². The lowest BCUT2D eigenvalue weighted by atomic mass is 10.1. The van der Waals surface area contributed by atoms with E-state index in [1.807, 2.05) is 32.8 Å². The molecule has 0 aliphatic rings. The van der Waals surface area contributed by atoms with Crippen molar-refractivity contribution in [2.24, 2.45) is 10.9 Å². The van der Waals surface area contributed by atoms with Crippen LogP contribution in [0.15, 0.2) is 23.4 Å². The molecule has 1 aromatic rings. The predicted octanol–water partition coefficient (Wildman–Crippen LogP) is 1.64. The fraction of sp³-hybridized carbons (Fsp3) is 0.462. The van der Waals surface area contributed by atoms with Gasteiger partial charge in [0.05, 0.1) is 0 Å². The largest absolute Gasteiger partial charge is 0.489 e. The number of benzene rings is 1. The van der Waals surface area contributed by atoms with E-state index in [1.54, 1.807) is 0 Å².